The molecule has 1 saturated heterocycles. The molecule has 0 aliphatic carbocycles. The van der Waals surface area contributed by atoms with Gasteiger partial charge in [-0.2, -0.15) is 4.31 Å². The number of halogens is 1. The first kappa shape index (κ1) is 16.4. The van der Waals surface area contributed by atoms with Crippen molar-refractivity contribution < 1.29 is 13.2 Å². The summed E-state index contributed by atoms with van der Waals surface area (Å²) in [5.74, 6) is 0. The fourth-order valence-electron chi connectivity index (χ4n) is 1.86. The quantitative estimate of drug-likeness (QED) is 0.844. The van der Waals surface area contributed by atoms with Gasteiger partial charge in [0.05, 0.1) is 18.2 Å². The summed E-state index contributed by atoms with van der Waals surface area (Å²) in [5, 5.41) is 0.275. The topological polar surface area (TPSA) is 46.6 Å². The van der Waals surface area contributed by atoms with E-state index in [2.05, 4.69) is 0 Å². The molecular formula is C13H20ClNO3S. The molecule has 0 unspecified atom stereocenters. The van der Waals surface area contributed by atoms with Crippen LogP contribution in [0.25, 0.3) is 0 Å². The molecule has 0 bridgehead atoms. The van der Waals surface area contributed by atoms with Gasteiger partial charge in [0.1, 0.15) is 4.90 Å². The first-order valence-electron chi connectivity index (χ1n) is 6.36. The molecule has 0 atom stereocenters. The van der Waals surface area contributed by atoms with Crippen LogP contribution in [-0.2, 0) is 14.8 Å². The van der Waals surface area contributed by atoms with Crippen molar-refractivity contribution in [2.45, 2.75) is 25.7 Å². The molecular weight excluding hydrogens is 286 g/mol. The molecule has 19 heavy (non-hydrogen) atoms. The Labute approximate surface area is 120 Å². The largest absolute Gasteiger partial charge is 0.379 e. The van der Waals surface area contributed by atoms with E-state index in [1.807, 2.05) is 13.8 Å². The van der Waals surface area contributed by atoms with E-state index in [0.717, 1.165) is 0 Å². The zero-order valence-corrected chi connectivity index (χ0v) is 13.1. The van der Waals surface area contributed by atoms with E-state index in [4.69, 9.17) is 16.3 Å². The third kappa shape index (κ3) is 3.69. The van der Waals surface area contributed by atoms with Crippen LogP contribution < -0.4 is 0 Å². The molecule has 1 aromatic carbocycles. The van der Waals surface area contributed by atoms with Crippen molar-refractivity contribution in [3.63, 3.8) is 0 Å². The van der Waals surface area contributed by atoms with Crippen LogP contribution in [0.2, 0.25) is 5.02 Å². The van der Waals surface area contributed by atoms with Crippen molar-refractivity contribution in [2.75, 3.05) is 26.3 Å². The Hall–Kier alpha value is -0.620. The van der Waals surface area contributed by atoms with E-state index >= 15 is 0 Å². The number of sulfonamides is 1. The molecule has 0 N–H and O–H groups in total. The summed E-state index contributed by atoms with van der Waals surface area (Å²) in [6.45, 7) is 7.38. The Morgan fingerprint density at radius 3 is 2.32 bits per heavy atom. The molecule has 4 nitrogen and oxygen atoms in total. The van der Waals surface area contributed by atoms with Crippen molar-refractivity contribution in [1.82, 2.24) is 4.31 Å². The number of hydrogen-bond acceptors (Lipinski definition) is 3. The highest BCUT2D eigenvalue weighted by Crippen LogP contribution is 2.28. The lowest BCUT2D eigenvalue weighted by atomic mass is 10.2. The monoisotopic (exact) mass is 305 g/mol. The molecule has 6 heteroatoms. The average molecular weight is 306 g/mol. The van der Waals surface area contributed by atoms with E-state index in [1.165, 1.54) is 4.31 Å². The maximum absolute atomic E-state index is 12.4. The molecule has 1 aliphatic rings. The molecule has 0 saturated carbocycles. The zero-order chi connectivity index (χ0) is 14.5. The van der Waals surface area contributed by atoms with E-state index in [0.29, 0.717) is 31.9 Å². The second-order valence-corrected chi connectivity index (χ2v) is 6.18. The lowest BCUT2D eigenvalue weighted by Gasteiger charge is -2.27. The maximum Gasteiger partial charge on any atom is 0.244 e. The van der Waals surface area contributed by atoms with Crippen LogP contribution in [0, 0.1) is 6.92 Å². The Morgan fingerprint density at radius 1 is 1.21 bits per heavy atom. The van der Waals surface area contributed by atoms with Gasteiger partial charge in [-0.25, -0.2) is 8.42 Å². The highest BCUT2D eigenvalue weighted by Gasteiger charge is 2.29. The number of ether oxygens (including phenoxy) is 1. The van der Waals surface area contributed by atoms with Gasteiger partial charge in [-0.1, -0.05) is 37.6 Å². The van der Waals surface area contributed by atoms with Crippen molar-refractivity contribution in [2.24, 2.45) is 0 Å². The maximum atomic E-state index is 12.4. The summed E-state index contributed by atoms with van der Waals surface area (Å²) < 4.78 is 31.4. The molecule has 1 aromatic rings. The van der Waals surface area contributed by atoms with Gasteiger partial charge in [-0.05, 0) is 18.6 Å². The summed E-state index contributed by atoms with van der Waals surface area (Å²) >= 11 is 6.00. The van der Waals surface area contributed by atoms with Crippen LogP contribution in [0.4, 0.5) is 0 Å². The van der Waals surface area contributed by atoms with Gasteiger partial charge in [0.25, 0.3) is 0 Å². The Balaban J connectivity index is 0.000000861. The highest BCUT2D eigenvalue weighted by molar-refractivity contribution is 7.89. The van der Waals surface area contributed by atoms with Crippen molar-refractivity contribution >= 4 is 21.6 Å². The summed E-state index contributed by atoms with van der Waals surface area (Å²) in [7, 11) is -3.50. The Morgan fingerprint density at radius 2 is 1.79 bits per heavy atom. The Kier molecular flexibility index (Phi) is 6.26. The number of aryl methyl sites for hydroxylation is 1. The number of morpholine rings is 1. The van der Waals surface area contributed by atoms with Crippen LogP contribution in [0.1, 0.15) is 19.4 Å². The smallest absolute Gasteiger partial charge is 0.244 e. The van der Waals surface area contributed by atoms with E-state index in [-0.39, 0.29) is 9.92 Å². The lowest BCUT2D eigenvalue weighted by Crippen LogP contribution is -2.40. The highest BCUT2D eigenvalue weighted by atomic mass is 35.5. The van der Waals surface area contributed by atoms with E-state index in [1.54, 1.807) is 25.1 Å². The predicted octanol–water partition coefficient (Wildman–Crippen LogP) is 2.70. The van der Waals surface area contributed by atoms with Gasteiger partial charge in [-0.15, -0.1) is 0 Å². The predicted molar refractivity (Wildman–Crippen MR) is 77.1 cm³/mol. The second-order valence-electron chi connectivity index (χ2n) is 3.90. The molecule has 2 rings (SSSR count). The molecule has 1 aliphatic heterocycles. The minimum Gasteiger partial charge on any atom is -0.379 e. The molecule has 1 heterocycles. The number of rotatable bonds is 2. The lowest BCUT2D eigenvalue weighted by molar-refractivity contribution is 0.0730. The fraction of sp³-hybridized carbons (Fsp3) is 0.538. The first-order valence-corrected chi connectivity index (χ1v) is 8.18. The van der Waals surface area contributed by atoms with Crippen LogP contribution in [0.3, 0.4) is 0 Å². The van der Waals surface area contributed by atoms with E-state index < -0.39 is 10.0 Å². The van der Waals surface area contributed by atoms with Gasteiger partial charge in [0.2, 0.25) is 10.0 Å². The third-order valence-electron chi connectivity index (χ3n) is 2.73. The van der Waals surface area contributed by atoms with Crippen molar-refractivity contribution in [1.29, 1.82) is 0 Å². The molecule has 0 amide bonds. The van der Waals surface area contributed by atoms with Crippen LogP contribution in [0.5, 0.6) is 0 Å². The zero-order valence-electron chi connectivity index (χ0n) is 11.5. The summed E-state index contributed by atoms with van der Waals surface area (Å²) in [5.41, 5.74) is 0.670. The normalized spacial score (nSPS) is 16.6. The minimum absolute atomic E-state index is 0.212. The second kappa shape index (κ2) is 7.24. The van der Waals surface area contributed by atoms with Gasteiger partial charge < -0.3 is 4.74 Å². The van der Waals surface area contributed by atoms with Crippen LogP contribution >= 0.6 is 11.6 Å². The number of nitrogens with zero attached hydrogens (tertiary/aromatic N) is 1. The standard InChI is InChI=1S/C11H14ClNO3S.C2H6/c1-9-3-2-4-10(12)11(9)17(14,15)13-5-7-16-8-6-13;1-2/h2-4H,5-8H2,1H3;1-2H3. The van der Waals surface area contributed by atoms with Crippen molar-refractivity contribution in [3.8, 4) is 0 Å². The van der Waals surface area contributed by atoms with Gasteiger partial charge in [-0.3, -0.25) is 0 Å². The minimum atomic E-state index is -3.50. The summed E-state index contributed by atoms with van der Waals surface area (Å²) in [4.78, 5) is 0.212. The fourth-order valence-corrected chi connectivity index (χ4v) is 4.05. The third-order valence-corrected chi connectivity index (χ3v) is 5.26. The van der Waals surface area contributed by atoms with Crippen LogP contribution in [0.15, 0.2) is 23.1 Å². The van der Waals surface area contributed by atoms with Gasteiger partial charge >= 0.3 is 0 Å². The molecule has 0 spiro atoms. The van der Waals surface area contributed by atoms with Gasteiger partial charge in [0.15, 0.2) is 0 Å². The van der Waals surface area contributed by atoms with Crippen LogP contribution in [-0.4, -0.2) is 39.0 Å². The molecule has 108 valence electrons. The summed E-state index contributed by atoms with van der Waals surface area (Å²) in [6.07, 6.45) is 0. The molecule has 0 aromatic heterocycles. The SMILES string of the molecule is CC.Cc1cccc(Cl)c1S(=O)(=O)N1CCOCC1. The molecule has 0 radical (unpaired) electrons. The average Bonchev–Trinajstić information content (AvgIpc) is 2.41. The van der Waals surface area contributed by atoms with E-state index in [9.17, 15) is 8.42 Å². The first-order chi connectivity index (χ1) is 9.03. The summed E-state index contributed by atoms with van der Waals surface area (Å²) in [6, 6.07) is 5.09. The van der Waals surface area contributed by atoms with Crippen molar-refractivity contribution in [3.05, 3.63) is 28.8 Å². The number of benzene rings is 1. The molecule has 1 fully saturated rings. The van der Waals surface area contributed by atoms with Gasteiger partial charge in [0, 0.05) is 13.1 Å². The Bertz CT molecular complexity index is 490. The number of hydrogen-bond donors (Lipinski definition) is 0.